The molecule has 0 fully saturated rings. The van der Waals surface area contributed by atoms with Crippen LogP contribution in [0.1, 0.15) is 21.7 Å². The zero-order valence-electron chi connectivity index (χ0n) is 15.0. The van der Waals surface area contributed by atoms with Gasteiger partial charge in [0.15, 0.2) is 16.6 Å². The Morgan fingerprint density at radius 2 is 2.15 bits per heavy atom. The van der Waals surface area contributed by atoms with Crippen LogP contribution in [0.2, 0.25) is 0 Å². The summed E-state index contributed by atoms with van der Waals surface area (Å²) in [5.74, 6) is 0.211. The van der Waals surface area contributed by atoms with Crippen molar-refractivity contribution < 1.29 is 4.79 Å². The van der Waals surface area contributed by atoms with Gasteiger partial charge in [0.2, 0.25) is 0 Å². The van der Waals surface area contributed by atoms with Gasteiger partial charge < -0.3 is 4.57 Å². The predicted octanol–water partition coefficient (Wildman–Crippen LogP) is 2.91. The second-order valence-corrected chi connectivity index (χ2v) is 6.97. The molecule has 3 aromatic rings. The molecule has 26 heavy (non-hydrogen) atoms. The summed E-state index contributed by atoms with van der Waals surface area (Å²) in [5.41, 5.74) is 2.88. The molecule has 7 heteroatoms. The van der Waals surface area contributed by atoms with Crippen LogP contribution in [0.5, 0.6) is 0 Å². The van der Waals surface area contributed by atoms with Gasteiger partial charge in [-0.15, -0.1) is 6.58 Å². The molecule has 3 heterocycles. The van der Waals surface area contributed by atoms with Crippen molar-refractivity contribution in [2.75, 3.05) is 5.75 Å². The Morgan fingerprint density at radius 3 is 2.81 bits per heavy atom. The number of carbonyl (C=O) groups excluding carboxylic acids is 1. The minimum absolute atomic E-state index is 0.0109. The second kappa shape index (κ2) is 7.29. The van der Waals surface area contributed by atoms with Crippen molar-refractivity contribution >= 4 is 28.6 Å². The first-order valence-electron chi connectivity index (χ1n) is 8.19. The summed E-state index contributed by atoms with van der Waals surface area (Å²) in [7, 11) is 1.94. The van der Waals surface area contributed by atoms with Gasteiger partial charge in [-0.05, 0) is 32.0 Å². The molecule has 0 saturated heterocycles. The van der Waals surface area contributed by atoms with E-state index in [9.17, 15) is 9.59 Å². The summed E-state index contributed by atoms with van der Waals surface area (Å²) >= 11 is 1.25. The van der Waals surface area contributed by atoms with Gasteiger partial charge in [-0.2, -0.15) is 0 Å². The molecule has 0 amide bonds. The average Bonchev–Trinajstić information content (AvgIpc) is 2.90. The minimum Gasteiger partial charge on any atom is -0.351 e. The molecule has 0 aliphatic carbocycles. The molecule has 0 spiro atoms. The highest BCUT2D eigenvalue weighted by Gasteiger charge is 2.17. The first-order chi connectivity index (χ1) is 12.4. The van der Waals surface area contributed by atoms with Gasteiger partial charge in [0.25, 0.3) is 5.56 Å². The largest absolute Gasteiger partial charge is 0.351 e. The lowest BCUT2D eigenvalue weighted by Crippen LogP contribution is -2.23. The SMILES string of the molecule is C=CCn1c(SCC(=O)c2cc(C)n(C)c2C)nc2ncccc2c1=O. The van der Waals surface area contributed by atoms with Crippen molar-refractivity contribution in [3.8, 4) is 0 Å². The number of ketones is 1. The molecule has 134 valence electrons. The van der Waals surface area contributed by atoms with E-state index in [4.69, 9.17) is 0 Å². The van der Waals surface area contributed by atoms with E-state index in [0.717, 1.165) is 11.4 Å². The molecular weight excluding hydrogens is 348 g/mol. The molecule has 0 atom stereocenters. The third-order valence-corrected chi connectivity index (χ3v) is 5.39. The van der Waals surface area contributed by atoms with Crippen LogP contribution >= 0.6 is 11.8 Å². The predicted molar refractivity (Wildman–Crippen MR) is 104 cm³/mol. The van der Waals surface area contributed by atoms with E-state index in [1.807, 2.05) is 31.5 Å². The number of aromatic nitrogens is 4. The van der Waals surface area contributed by atoms with Gasteiger partial charge in [0, 0.05) is 36.7 Å². The Balaban J connectivity index is 1.94. The Morgan fingerprint density at radius 1 is 1.38 bits per heavy atom. The second-order valence-electron chi connectivity index (χ2n) is 6.03. The van der Waals surface area contributed by atoms with Gasteiger partial charge in [-0.25, -0.2) is 9.97 Å². The fourth-order valence-electron chi connectivity index (χ4n) is 2.78. The van der Waals surface area contributed by atoms with Gasteiger partial charge in [-0.3, -0.25) is 14.2 Å². The van der Waals surface area contributed by atoms with E-state index in [0.29, 0.717) is 28.3 Å². The number of rotatable bonds is 6. The Kier molecular flexibility index (Phi) is 5.08. The van der Waals surface area contributed by atoms with Crippen molar-refractivity contribution in [3.63, 3.8) is 0 Å². The van der Waals surface area contributed by atoms with Gasteiger partial charge in [-0.1, -0.05) is 17.8 Å². The molecule has 0 radical (unpaired) electrons. The number of nitrogens with zero attached hydrogens (tertiary/aromatic N) is 4. The Hall–Kier alpha value is -2.67. The van der Waals surface area contributed by atoms with Crippen LogP contribution in [-0.4, -0.2) is 30.6 Å². The number of hydrogen-bond acceptors (Lipinski definition) is 5. The van der Waals surface area contributed by atoms with Gasteiger partial charge >= 0.3 is 0 Å². The van der Waals surface area contributed by atoms with Gasteiger partial charge in [0.1, 0.15) is 0 Å². The highest BCUT2D eigenvalue weighted by molar-refractivity contribution is 7.99. The molecule has 6 nitrogen and oxygen atoms in total. The summed E-state index contributed by atoms with van der Waals surface area (Å²) in [5, 5.41) is 0.930. The summed E-state index contributed by atoms with van der Waals surface area (Å²) < 4.78 is 3.52. The molecular formula is C19H20N4O2S. The maximum atomic E-state index is 12.7. The van der Waals surface area contributed by atoms with Crippen molar-refractivity contribution in [1.29, 1.82) is 0 Å². The number of Topliss-reactive ketones (excluding diaryl/α,β-unsaturated/α-hetero) is 1. The number of fused-ring (bicyclic) bond motifs is 1. The lowest BCUT2D eigenvalue weighted by atomic mass is 10.2. The fraction of sp³-hybridized carbons (Fsp3) is 0.263. The fourth-order valence-corrected chi connectivity index (χ4v) is 3.66. The third-order valence-electron chi connectivity index (χ3n) is 4.41. The zero-order valence-corrected chi connectivity index (χ0v) is 15.8. The van der Waals surface area contributed by atoms with Crippen LogP contribution in [-0.2, 0) is 13.6 Å². The summed E-state index contributed by atoms with van der Waals surface area (Å²) in [6, 6.07) is 5.30. The molecule has 3 rings (SSSR count). The quantitative estimate of drug-likeness (QED) is 0.290. The Bertz CT molecular complexity index is 1070. The molecule has 0 saturated carbocycles. The van der Waals surface area contributed by atoms with Crippen LogP contribution in [0.25, 0.3) is 11.0 Å². The van der Waals surface area contributed by atoms with Gasteiger partial charge in [0.05, 0.1) is 11.1 Å². The van der Waals surface area contributed by atoms with E-state index in [1.54, 1.807) is 24.4 Å². The number of thioether (sulfide) groups is 1. The monoisotopic (exact) mass is 368 g/mol. The number of pyridine rings is 1. The minimum atomic E-state index is -0.176. The zero-order chi connectivity index (χ0) is 18.8. The Labute approximate surface area is 155 Å². The first kappa shape index (κ1) is 18.1. The topological polar surface area (TPSA) is 69.8 Å². The van der Waals surface area contributed by atoms with Crippen LogP contribution in [0, 0.1) is 13.8 Å². The van der Waals surface area contributed by atoms with Crippen LogP contribution in [0.3, 0.4) is 0 Å². The molecule has 0 aliphatic rings. The molecule has 0 bridgehead atoms. The number of carbonyl (C=O) groups is 1. The molecule has 0 N–H and O–H groups in total. The molecule has 3 aromatic heterocycles. The first-order valence-corrected chi connectivity index (χ1v) is 9.18. The summed E-state index contributed by atoms with van der Waals surface area (Å²) in [4.78, 5) is 34.0. The van der Waals surface area contributed by atoms with Crippen molar-refractivity contribution in [3.05, 3.63) is 64.4 Å². The van der Waals surface area contributed by atoms with E-state index in [2.05, 4.69) is 16.5 Å². The normalized spacial score (nSPS) is 11.0. The number of hydrogen-bond donors (Lipinski definition) is 0. The summed E-state index contributed by atoms with van der Waals surface area (Å²) in [6.07, 6.45) is 3.24. The smallest absolute Gasteiger partial charge is 0.263 e. The van der Waals surface area contributed by atoms with Crippen molar-refractivity contribution in [2.24, 2.45) is 7.05 Å². The van der Waals surface area contributed by atoms with Crippen molar-refractivity contribution in [2.45, 2.75) is 25.5 Å². The van der Waals surface area contributed by atoms with E-state index in [-0.39, 0.29) is 17.1 Å². The third kappa shape index (κ3) is 3.22. The summed E-state index contributed by atoms with van der Waals surface area (Å²) in [6.45, 7) is 7.93. The highest BCUT2D eigenvalue weighted by atomic mass is 32.2. The van der Waals surface area contributed by atoms with Crippen LogP contribution in [0.15, 0.2) is 47.0 Å². The number of aryl methyl sites for hydroxylation is 1. The maximum absolute atomic E-state index is 12.7. The maximum Gasteiger partial charge on any atom is 0.263 e. The average molecular weight is 368 g/mol. The molecule has 0 aliphatic heterocycles. The molecule has 0 aromatic carbocycles. The highest BCUT2D eigenvalue weighted by Crippen LogP contribution is 2.21. The molecule has 0 unspecified atom stereocenters. The van der Waals surface area contributed by atoms with E-state index < -0.39 is 0 Å². The lowest BCUT2D eigenvalue weighted by molar-refractivity contribution is 0.102. The number of allylic oxidation sites excluding steroid dienone is 1. The van der Waals surface area contributed by atoms with Crippen LogP contribution in [0.4, 0.5) is 0 Å². The van der Waals surface area contributed by atoms with Crippen molar-refractivity contribution in [1.82, 2.24) is 19.1 Å². The van der Waals surface area contributed by atoms with E-state index in [1.165, 1.54) is 16.3 Å². The van der Waals surface area contributed by atoms with E-state index >= 15 is 0 Å². The van der Waals surface area contributed by atoms with Crippen LogP contribution < -0.4 is 5.56 Å². The standard InChI is InChI=1S/C19H20N4O2S/c1-5-9-23-18(25)14-7-6-8-20-17(14)21-19(23)26-11-16(24)15-10-12(2)22(4)13(15)3/h5-8,10H,1,9,11H2,2-4H3. The lowest BCUT2D eigenvalue weighted by Gasteiger charge is -2.10.